The molecule has 0 spiro atoms. The van der Waals surface area contributed by atoms with Crippen LogP contribution in [0.25, 0.3) is 10.2 Å². The summed E-state index contributed by atoms with van der Waals surface area (Å²) in [6.07, 6.45) is 0. The number of carbonyl (C=O) groups is 1. The van der Waals surface area contributed by atoms with Gasteiger partial charge in [-0.3, -0.25) is 14.4 Å². The number of sulfonamides is 1. The second-order valence-corrected chi connectivity index (χ2v) is 10.8. The third-order valence-corrected chi connectivity index (χ3v) is 8.19. The number of nitrogens with zero attached hydrogens (tertiary/aromatic N) is 2. The molecule has 0 saturated heterocycles. The van der Waals surface area contributed by atoms with Crippen LogP contribution in [0.3, 0.4) is 0 Å². The van der Waals surface area contributed by atoms with Crippen molar-refractivity contribution < 1.29 is 13.2 Å². The van der Waals surface area contributed by atoms with Gasteiger partial charge in [0.25, 0.3) is 15.9 Å². The summed E-state index contributed by atoms with van der Waals surface area (Å²) in [5.41, 5.74) is 3.01. The minimum atomic E-state index is -3.74. The number of para-hydroxylation sites is 1. The van der Waals surface area contributed by atoms with Crippen molar-refractivity contribution in [2.75, 3.05) is 16.2 Å². The molecule has 4 rings (SSSR count). The summed E-state index contributed by atoms with van der Waals surface area (Å²) in [7, 11) is -3.74. The number of rotatable bonds is 7. The maximum Gasteiger partial charge on any atom is 0.264 e. The lowest BCUT2D eigenvalue weighted by molar-refractivity contribution is 0.102. The van der Waals surface area contributed by atoms with Crippen LogP contribution < -0.4 is 9.62 Å². The number of thiazole rings is 1. The molecule has 1 amide bonds. The Morgan fingerprint density at radius 1 is 1.03 bits per heavy atom. The van der Waals surface area contributed by atoms with Gasteiger partial charge >= 0.3 is 0 Å². The van der Waals surface area contributed by atoms with Crippen LogP contribution in [0.1, 0.15) is 42.6 Å². The van der Waals surface area contributed by atoms with Gasteiger partial charge in [0, 0.05) is 12.1 Å². The zero-order valence-electron chi connectivity index (χ0n) is 18.6. The van der Waals surface area contributed by atoms with Crippen LogP contribution in [0.5, 0.6) is 0 Å². The summed E-state index contributed by atoms with van der Waals surface area (Å²) in [5, 5.41) is 3.33. The minimum absolute atomic E-state index is 0.131. The van der Waals surface area contributed by atoms with E-state index in [0.29, 0.717) is 28.8 Å². The van der Waals surface area contributed by atoms with Crippen LogP contribution >= 0.6 is 11.3 Å². The van der Waals surface area contributed by atoms with E-state index in [1.165, 1.54) is 45.5 Å². The van der Waals surface area contributed by atoms with E-state index >= 15 is 0 Å². The zero-order valence-corrected chi connectivity index (χ0v) is 20.3. The second-order valence-electron chi connectivity index (χ2n) is 7.88. The van der Waals surface area contributed by atoms with Gasteiger partial charge in [-0.05, 0) is 66.9 Å². The molecule has 8 heteroatoms. The molecular weight excluding hydrogens is 454 g/mol. The van der Waals surface area contributed by atoms with Gasteiger partial charge in [-0.15, -0.1) is 0 Å². The van der Waals surface area contributed by atoms with Crippen LogP contribution in [0.15, 0.2) is 77.7 Å². The van der Waals surface area contributed by atoms with E-state index in [-0.39, 0.29) is 10.8 Å². The Kier molecular flexibility index (Phi) is 6.49. The third kappa shape index (κ3) is 4.77. The predicted molar refractivity (Wildman–Crippen MR) is 135 cm³/mol. The van der Waals surface area contributed by atoms with Gasteiger partial charge in [0.1, 0.15) is 0 Å². The molecule has 1 N–H and O–H groups in total. The van der Waals surface area contributed by atoms with E-state index in [9.17, 15) is 13.2 Å². The molecule has 6 nitrogen and oxygen atoms in total. The number of hydrogen-bond acceptors (Lipinski definition) is 5. The standard InChI is InChI=1S/C25H25N3O3S2/c1-4-28(20-8-6-5-7-9-20)33(30,31)21-13-10-18(11-14-21)24(29)27-25-26-22-15-12-19(17(2)3)16-23(22)32-25/h5-17H,4H2,1-3H3,(H,26,27,29). The molecule has 0 atom stereocenters. The van der Waals surface area contributed by atoms with Gasteiger partial charge in [0.2, 0.25) is 0 Å². The van der Waals surface area contributed by atoms with E-state index in [1.54, 1.807) is 31.2 Å². The monoisotopic (exact) mass is 479 g/mol. The summed E-state index contributed by atoms with van der Waals surface area (Å²) in [4.78, 5) is 17.4. The molecular formula is C25H25N3O3S2. The fourth-order valence-corrected chi connectivity index (χ4v) is 5.90. The van der Waals surface area contributed by atoms with E-state index < -0.39 is 10.0 Å². The molecule has 1 heterocycles. The molecule has 3 aromatic carbocycles. The van der Waals surface area contributed by atoms with Crippen molar-refractivity contribution in [2.45, 2.75) is 31.6 Å². The first-order valence-corrected chi connectivity index (χ1v) is 12.9. The summed E-state index contributed by atoms with van der Waals surface area (Å²) in [6.45, 7) is 6.35. The Balaban J connectivity index is 1.53. The van der Waals surface area contributed by atoms with E-state index in [1.807, 2.05) is 18.2 Å². The molecule has 33 heavy (non-hydrogen) atoms. The van der Waals surface area contributed by atoms with Crippen molar-refractivity contribution in [2.24, 2.45) is 0 Å². The van der Waals surface area contributed by atoms with Crippen molar-refractivity contribution in [1.82, 2.24) is 4.98 Å². The zero-order chi connectivity index (χ0) is 23.6. The van der Waals surface area contributed by atoms with Crippen LogP contribution in [-0.2, 0) is 10.0 Å². The Morgan fingerprint density at radius 2 is 1.73 bits per heavy atom. The molecule has 0 bridgehead atoms. The fourth-order valence-electron chi connectivity index (χ4n) is 3.51. The maximum atomic E-state index is 13.1. The lowest BCUT2D eigenvalue weighted by Gasteiger charge is -2.22. The Hall–Kier alpha value is -3.23. The first-order valence-electron chi connectivity index (χ1n) is 10.7. The van der Waals surface area contributed by atoms with Crippen molar-refractivity contribution >= 4 is 48.3 Å². The van der Waals surface area contributed by atoms with E-state index in [4.69, 9.17) is 0 Å². The Labute approximate surface area is 198 Å². The van der Waals surface area contributed by atoms with Gasteiger partial charge < -0.3 is 0 Å². The highest BCUT2D eigenvalue weighted by Crippen LogP contribution is 2.29. The van der Waals surface area contributed by atoms with Crippen LogP contribution in [0.2, 0.25) is 0 Å². The Morgan fingerprint density at radius 3 is 2.36 bits per heavy atom. The first kappa shape index (κ1) is 22.9. The average molecular weight is 480 g/mol. The highest BCUT2D eigenvalue weighted by Gasteiger charge is 2.23. The van der Waals surface area contributed by atoms with Crippen LogP contribution in [-0.4, -0.2) is 25.9 Å². The number of aromatic nitrogens is 1. The molecule has 1 aromatic heterocycles. The Bertz CT molecular complexity index is 1380. The third-order valence-electron chi connectivity index (χ3n) is 5.34. The van der Waals surface area contributed by atoms with Gasteiger partial charge in [-0.2, -0.15) is 0 Å². The molecule has 0 unspecified atom stereocenters. The second kappa shape index (κ2) is 9.33. The summed E-state index contributed by atoms with van der Waals surface area (Å²) < 4.78 is 28.6. The van der Waals surface area contributed by atoms with Gasteiger partial charge in [-0.25, -0.2) is 13.4 Å². The number of carbonyl (C=O) groups excluding carboxylic acids is 1. The normalized spacial score (nSPS) is 11.6. The predicted octanol–water partition coefficient (Wildman–Crippen LogP) is 5.89. The first-order chi connectivity index (χ1) is 15.8. The van der Waals surface area contributed by atoms with Crippen LogP contribution in [0, 0.1) is 0 Å². The number of nitrogens with one attached hydrogen (secondary N) is 1. The molecule has 0 saturated carbocycles. The van der Waals surface area contributed by atoms with E-state index in [0.717, 1.165) is 10.2 Å². The molecule has 170 valence electrons. The SMILES string of the molecule is CCN(c1ccccc1)S(=O)(=O)c1ccc(C(=O)Nc2nc3ccc(C(C)C)cc3s2)cc1. The lowest BCUT2D eigenvalue weighted by atomic mass is 10.0. The molecule has 4 aromatic rings. The number of benzene rings is 3. The van der Waals surface area contributed by atoms with E-state index in [2.05, 4.69) is 30.2 Å². The van der Waals surface area contributed by atoms with Crippen molar-refractivity contribution in [3.05, 3.63) is 83.9 Å². The number of hydrogen-bond donors (Lipinski definition) is 1. The molecule has 0 aliphatic rings. The number of amides is 1. The summed E-state index contributed by atoms with van der Waals surface area (Å²) >= 11 is 1.42. The van der Waals surface area contributed by atoms with Crippen LogP contribution in [0.4, 0.5) is 10.8 Å². The lowest BCUT2D eigenvalue weighted by Crippen LogP contribution is -2.30. The quantitative estimate of drug-likeness (QED) is 0.359. The minimum Gasteiger partial charge on any atom is -0.298 e. The summed E-state index contributed by atoms with van der Waals surface area (Å²) in [6, 6.07) is 21.0. The van der Waals surface area contributed by atoms with Gasteiger partial charge in [0.05, 0.1) is 20.8 Å². The maximum absolute atomic E-state index is 13.1. The number of anilines is 2. The molecule has 0 aliphatic heterocycles. The van der Waals surface area contributed by atoms with Crippen molar-refractivity contribution in [3.8, 4) is 0 Å². The molecule has 0 aliphatic carbocycles. The average Bonchev–Trinajstić information content (AvgIpc) is 3.21. The highest BCUT2D eigenvalue weighted by molar-refractivity contribution is 7.92. The number of fused-ring (bicyclic) bond motifs is 1. The molecule has 0 radical (unpaired) electrons. The largest absolute Gasteiger partial charge is 0.298 e. The molecule has 0 fully saturated rings. The summed E-state index contributed by atoms with van der Waals surface area (Å²) in [5.74, 6) is 0.0763. The topological polar surface area (TPSA) is 79.4 Å². The smallest absolute Gasteiger partial charge is 0.264 e. The van der Waals surface area contributed by atoms with Gasteiger partial charge in [-0.1, -0.05) is 49.4 Å². The highest BCUT2D eigenvalue weighted by atomic mass is 32.2. The van der Waals surface area contributed by atoms with Gasteiger partial charge in [0.15, 0.2) is 5.13 Å². The van der Waals surface area contributed by atoms with Crippen molar-refractivity contribution in [1.29, 1.82) is 0 Å². The van der Waals surface area contributed by atoms with Crippen molar-refractivity contribution in [3.63, 3.8) is 0 Å². The fraction of sp³-hybridized carbons (Fsp3) is 0.200.